The standard InChI is InChI=1S/C23H26N2O4S/c1-16-6-8-17(9-7-16)22(26)25(12-5-13-27-2)23-24-20(15-30-23)19-14-18(28-3)10-11-21(19)29-4/h6-11,14-15H,5,12-13H2,1-4H3. The highest BCUT2D eigenvalue weighted by atomic mass is 32.1. The van der Waals surface area contributed by atoms with Crippen LogP contribution in [0.3, 0.4) is 0 Å². The lowest BCUT2D eigenvalue weighted by Gasteiger charge is -2.20. The molecule has 0 unspecified atom stereocenters. The fourth-order valence-corrected chi connectivity index (χ4v) is 3.88. The number of carbonyl (C=O) groups is 1. The predicted molar refractivity (Wildman–Crippen MR) is 120 cm³/mol. The monoisotopic (exact) mass is 426 g/mol. The minimum absolute atomic E-state index is 0.0791. The van der Waals surface area contributed by atoms with E-state index in [1.54, 1.807) is 26.2 Å². The van der Waals surface area contributed by atoms with E-state index < -0.39 is 0 Å². The molecule has 1 heterocycles. The Morgan fingerprint density at radius 3 is 2.50 bits per heavy atom. The summed E-state index contributed by atoms with van der Waals surface area (Å²) in [5.41, 5.74) is 3.30. The Labute approximate surface area is 181 Å². The molecule has 6 nitrogen and oxygen atoms in total. The van der Waals surface area contributed by atoms with Crippen LogP contribution < -0.4 is 14.4 Å². The Morgan fingerprint density at radius 1 is 1.07 bits per heavy atom. The molecule has 30 heavy (non-hydrogen) atoms. The molecule has 1 amide bonds. The second kappa shape index (κ2) is 10.2. The lowest BCUT2D eigenvalue weighted by atomic mass is 10.1. The first-order chi connectivity index (χ1) is 14.6. The molecule has 3 rings (SSSR count). The molecule has 7 heteroatoms. The van der Waals surface area contributed by atoms with Crippen LogP contribution in [0.5, 0.6) is 11.5 Å². The van der Waals surface area contributed by atoms with Gasteiger partial charge in [-0.05, 0) is 43.7 Å². The molecule has 0 N–H and O–H groups in total. The minimum Gasteiger partial charge on any atom is -0.497 e. The maximum Gasteiger partial charge on any atom is 0.260 e. The number of carbonyl (C=O) groups excluding carboxylic acids is 1. The molecule has 0 bridgehead atoms. The summed E-state index contributed by atoms with van der Waals surface area (Å²) < 4.78 is 16.0. The summed E-state index contributed by atoms with van der Waals surface area (Å²) in [7, 11) is 4.90. The zero-order valence-corrected chi connectivity index (χ0v) is 18.5. The smallest absolute Gasteiger partial charge is 0.260 e. The largest absolute Gasteiger partial charge is 0.497 e. The first kappa shape index (κ1) is 21.8. The van der Waals surface area contributed by atoms with Crippen LogP contribution in [0.15, 0.2) is 47.8 Å². The number of amides is 1. The fourth-order valence-electron chi connectivity index (χ4n) is 3.03. The number of benzene rings is 2. The van der Waals surface area contributed by atoms with Gasteiger partial charge in [-0.15, -0.1) is 11.3 Å². The van der Waals surface area contributed by atoms with Gasteiger partial charge in [0, 0.05) is 36.8 Å². The molecule has 0 aliphatic heterocycles. The van der Waals surface area contributed by atoms with Crippen molar-refractivity contribution in [2.45, 2.75) is 13.3 Å². The third kappa shape index (κ3) is 4.98. The van der Waals surface area contributed by atoms with Crippen molar-refractivity contribution in [3.05, 3.63) is 59.0 Å². The Hall–Kier alpha value is -2.90. The fraction of sp³-hybridized carbons (Fsp3) is 0.304. The van der Waals surface area contributed by atoms with Crippen molar-refractivity contribution in [3.63, 3.8) is 0 Å². The van der Waals surface area contributed by atoms with Crippen molar-refractivity contribution in [1.82, 2.24) is 4.98 Å². The van der Waals surface area contributed by atoms with Crippen LogP contribution in [0, 0.1) is 6.92 Å². The number of aryl methyl sites for hydroxylation is 1. The van der Waals surface area contributed by atoms with Gasteiger partial charge in [-0.25, -0.2) is 4.98 Å². The van der Waals surface area contributed by atoms with Gasteiger partial charge in [0.25, 0.3) is 5.91 Å². The average molecular weight is 427 g/mol. The first-order valence-corrected chi connectivity index (χ1v) is 10.5. The molecule has 0 saturated heterocycles. The summed E-state index contributed by atoms with van der Waals surface area (Å²) in [5.74, 6) is 1.33. The summed E-state index contributed by atoms with van der Waals surface area (Å²) in [6, 6.07) is 13.1. The van der Waals surface area contributed by atoms with Crippen molar-refractivity contribution in [2.24, 2.45) is 0 Å². The highest BCUT2D eigenvalue weighted by Gasteiger charge is 2.22. The van der Waals surface area contributed by atoms with E-state index in [2.05, 4.69) is 0 Å². The molecule has 3 aromatic rings. The van der Waals surface area contributed by atoms with E-state index >= 15 is 0 Å². The molecule has 0 spiro atoms. The molecule has 0 aliphatic carbocycles. The Bertz CT molecular complexity index is 985. The Kier molecular flexibility index (Phi) is 7.43. The van der Waals surface area contributed by atoms with E-state index in [0.29, 0.717) is 41.8 Å². The second-order valence-corrected chi connectivity index (χ2v) is 7.59. The van der Waals surface area contributed by atoms with Crippen molar-refractivity contribution < 1.29 is 19.0 Å². The van der Waals surface area contributed by atoms with Gasteiger partial charge in [0.15, 0.2) is 5.13 Å². The summed E-state index contributed by atoms with van der Waals surface area (Å²) in [5, 5.41) is 2.56. The van der Waals surface area contributed by atoms with Crippen LogP contribution in [0.1, 0.15) is 22.3 Å². The van der Waals surface area contributed by atoms with Crippen molar-refractivity contribution in [3.8, 4) is 22.8 Å². The molecule has 0 atom stereocenters. The number of ether oxygens (including phenoxy) is 3. The van der Waals surface area contributed by atoms with Crippen LogP contribution in [0.25, 0.3) is 11.3 Å². The van der Waals surface area contributed by atoms with Gasteiger partial charge in [0.1, 0.15) is 11.5 Å². The summed E-state index contributed by atoms with van der Waals surface area (Å²) in [6.45, 7) is 3.08. The molecule has 0 fully saturated rings. The van der Waals surface area contributed by atoms with E-state index in [-0.39, 0.29) is 5.91 Å². The normalized spacial score (nSPS) is 10.7. The maximum atomic E-state index is 13.2. The SMILES string of the molecule is COCCCN(C(=O)c1ccc(C)cc1)c1nc(-c2cc(OC)ccc2OC)cs1. The lowest BCUT2D eigenvalue weighted by Crippen LogP contribution is -2.32. The average Bonchev–Trinajstić information content (AvgIpc) is 3.26. The van der Waals surface area contributed by atoms with Crippen LogP contribution in [0.2, 0.25) is 0 Å². The zero-order valence-electron chi connectivity index (χ0n) is 17.7. The molecule has 2 aromatic carbocycles. The lowest BCUT2D eigenvalue weighted by molar-refractivity contribution is 0.0983. The van der Waals surface area contributed by atoms with Crippen LogP contribution >= 0.6 is 11.3 Å². The van der Waals surface area contributed by atoms with Gasteiger partial charge in [0.2, 0.25) is 0 Å². The third-order valence-electron chi connectivity index (χ3n) is 4.68. The number of anilines is 1. The maximum absolute atomic E-state index is 13.2. The van der Waals surface area contributed by atoms with Gasteiger partial charge in [0.05, 0.1) is 19.9 Å². The summed E-state index contributed by atoms with van der Waals surface area (Å²) >= 11 is 1.43. The molecule has 1 aromatic heterocycles. The topological polar surface area (TPSA) is 60.9 Å². The van der Waals surface area contributed by atoms with Crippen LogP contribution in [-0.2, 0) is 4.74 Å². The number of methoxy groups -OCH3 is 3. The van der Waals surface area contributed by atoms with Gasteiger partial charge >= 0.3 is 0 Å². The van der Waals surface area contributed by atoms with E-state index in [1.807, 2.05) is 54.8 Å². The van der Waals surface area contributed by atoms with E-state index in [4.69, 9.17) is 19.2 Å². The molecule has 0 saturated carbocycles. The molecule has 0 radical (unpaired) electrons. The first-order valence-electron chi connectivity index (χ1n) is 9.62. The van der Waals surface area contributed by atoms with E-state index in [9.17, 15) is 4.79 Å². The summed E-state index contributed by atoms with van der Waals surface area (Å²) in [4.78, 5) is 19.7. The number of thiazole rings is 1. The minimum atomic E-state index is -0.0791. The number of hydrogen-bond acceptors (Lipinski definition) is 6. The molecular formula is C23H26N2O4S. The van der Waals surface area contributed by atoms with Crippen molar-refractivity contribution in [1.29, 1.82) is 0 Å². The van der Waals surface area contributed by atoms with Crippen LogP contribution in [0.4, 0.5) is 5.13 Å². The Balaban J connectivity index is 1.94. The number of hydrogen-bond donors (Lipinski definition) is 0. The highest BCUT2D eigenvalue weighted by molar-refractivity contribution is 7.14. The third-order valence-corrected chi connectivity index (χ3v) is 5.54. The quantitative estimate of drug-likeness (QED) is 0.459. The second-order valence-electron chi connectivity index (χ2n) is 6.75. The Morgan fingerprint density at radius 2 is 1.83 bits per heavy atom. The van der Waals surface area contributed by atoms with Crippen molar-refractivity contribution in [2.75, 3.05) is 39.4 Å². The van der Waals surface area contributed by atoms with Gasteiger partial charge < -0.3 is 14.2 Å². The van der Waals surface area contributed by atoms with Gasteiger partial charge in [-0.3, -0.25) is 9.69 Å². The van der Waals surface area contributed by atoms with Crippen molar-refractivity contribution >= 4 is 22.4 Å². The summed E-state index contributed by atoms with van der Waals surface area (Å²) in [6.07, 6.45) is 0.714. The van der Waals surface area contributed by atoms with Gasteiger partial charge in [-0.2, -0.15) is 0 Å². The van der Waals surface area contributed by atoms with Gasteiger partial charge in [-0.1, -0.05) is 17.7 Å². The van der Waals surface area contributed by atoms with Crippen LogP contribution in [-0.4, -0.2) is 45.4 Å². The number of nitrogens with zero attached hydrogens (tertiary/aromatic N) is 2. The van der Waals surface area contributed by atoms with E-state index in [1.165, 1.54) is 11.3 Å². The molecule has 158 valence electrons. The predicted octanol–water partition coefficient (Wildman–Crippen LogP) is 4.82. The zero-order chi connectivity index (χ0) is 21.5. The number of rotatable bonds is 9. The molecule has 0 aliphatic rings. The highest BCUT2D eigenvalue weighted by Crippen LogP contribution is 2.36. The molecular weight excluding hydrogens is 400 g/mol. The number of aromatic nitrogens is 1. The van der Waals surface area contributed by atoms with E-state index in [0.717, 1.165) is 16.8 Å².